The van der Waals surface area contributed by atoms with E-state index in [2.05, 4.69) is 10.6 Å². The molecule has 0 saturated carbocycles. The Morgan fingerprint density at radius 3 is 1.55 bits per heavy atom. The normalized spacial score (nSPS) is 13.3. The molecule has 0 radical (unpaired) electrons. The van der Waals surface area contributed by atoms with Crippen molar-refractivity contribution in [2.75, 3.05) is 52.0 Å². The van der Waals surface area contributed by atoms with Crippen LogP contribution in [0.3, 0.4) is 0 Å². The van der Waals surface area contributed by atoms with Gasteiger partial charge in [0.2, 0.25) is 0 Å². The summed E-state index contributed by atoms with van der Waals surface area (Å²) in [6.45, 7) is 8.99. The smallest absolute Gasteiger partial charge is 0.306 e. The molecule has 3 aromatic carbocycles. The number of rotatable bonds is 21. The van der Waals surface area contributed by atoms with Crippen molar-refractivity contribution in [2.24, 2.45) is 0 Å². The lowest BCUT2D eigenvalue weighted by Crippen LogP contribution is -2.34. The molecule has 13 nitrogen and oxygen atoms in total. The van der Waals surface area contributed by atoms with E-state index in [1.54, 1.807) is 101 Å². The number of amides is 4. The van der Waals surface area contributed by atoms with Crippen LogP contribution >= 0.6 is 23.5 Å². The van der Waals surface area contributed by atoms with Gasteiger partial charge < -0.3 is 34.7 Å². The van der Waals surface area contributed by atoms with Gasteiger partial charge in [0.25, 0.3) is 23.6 Å². The van der Waals surface area contributed by atoms with Crippen molar-refractivity contribution < 1.29 is 48.0 Å². The number of aliphatic carboxylic acids is 1. The van der Waals surface area contributed by atoms with Crippen LogP contribution in [0, 0.1) is 0 Å². The van der Waals surface area contributed by atoms with E-state index in [9.17, 15) is 24.0 Å². The molecule has 0 bridgehead atoms. The van der Waals surface area contributed by atoms with E-state index in [1.165, 1.54) is 0 Å². The number of methoxy groups -OCH3 is 2. The van der Waals surface area contributed by atoms with Gasteiger partial charge in [0.1, 0.15) is 11.4 Å². The van der Waals surface area contributed by atoms with E-state index < -0.39 is 29.0 Å². The molecule has 1 aliphatic heterocycles. The predicted molar refractivity (Wildman–Crippen MR) is 211 cm³/mol. The second kappa shape index (κ2) is 19.8. The van der Waals surface area contributed by atoms with Crippen molar-refractivity contribution in [3.05, 3.63) is 93.7 Å². The van der Waals surface area contributed by atoms with Gasteiger partial charge in [-0.05, 0) is 100 Å². The molecule has 0 spiro atoms. The fraction of sp³-hybridized carbons (Fsp3) is 0.375. The first-order valence-corrected chi connectivity index (χ1v) is 19.1. The number of carbonyl (C=O) groups excluding carboxylic acids is 4. The fourth-order valence-electron chi connectivity index (χ4n) is 5.25. The third-order valence-corrected chi connectivity index (χ3v) is 10.4. The standard InChI is InChI=1S/C40H47N3O10S2/c1-39(2,19-22-52-40(3,4)25-32(44)45)53-29-13-11-28(12-14-29)43-37(48)33(54-30-15-7-26(8-16-30)35(46)41-20-23-50-5)34(38(43)49)55-31-17-9-27(10-18-31)36(47)42-21-24-51-6/h7-18H,19-25H2,1-6H3,(H,41,46)(H,42,47)(H,44,45). The molecule has 0 aliphatic carbocycles. The summed E-state index contributed by atoms with van der Waals surface area (Å²) in [5.74, 6) is -1.98. The maximum absolute atomic E-state index is 14.1. The molecule has 55 heavy (non-hydrogen) atoms. The fourth-order valence-corrected chi connectivity index (χ4v) is 7.23. The van der Waals surface area contributed by atoms with Gasteiger partial charge in [0.05, 0.1) is 47.3 Å². The van der Waals surface area contributed by atoms with Crippen LogP contribution in [0.4, 0.5) is 5.69 Å². The average Bonchev–Trinajstić information content (AvgIpc) is 3.35. The largest absolute Gasteiger partial charge is 0.488 e. The van der Waals surface area contributed by atoms with E-state index in [0.717, 1.165) is 28.4 Å². The number of nitrogens with zero attached hydrogens (tertiary/aromatic N) is 1. The molecule has 0 fully saturated rings. The van der Waals surface area contributed by atoms with Crippen molar-refractivity contribution in [2.45, 2.75) is 61.5 Å². The van der Waals surface area contributed by atoms with Crippen molar-refractivity contribution in [3.8, 4) is 5.75 Å². The summed E-state index contributed by atoms with van der Waals surface area (Å²) in [5.41, 5.74) is -0.278. The maximum Gasteiger partial charge on any atom is 0.306 e. The molecular formula is C40H47N3O10S2. The second-order valence-corrected chi connectivity index (χ2v) is 15.8. The lowest BCUT2D eigenvalue weighted by molar-refractivity contribution is -0.144. The van der Waals surface area contributed by atoms with Crippen LogP contribution in [0.5, 0.6) is 5.75 Å². The van der Waals surface area contributed by atoms with Gasteiger partial charge in [-0.1, -0.05) is 23.5 Å². The molecule has 0 aromatic heterocycles. The molecule has 3 N–H and O–H groups in total. The van der Waals surface area contributed by atoms with Gasteiger partial charge in [0.15, 0.2) is 0 Å². The number of benzene rings is 3. The van der Waals surface area contributed by atoms with Gasteiger partial charge in [-0.2, -0.15) is 0 Å². The van der Waals surface area contributed by atoms with E-state index >= 15 is 0 Å². The van der Waals surface area contributed by atoms with Crippen LogP contribution < -0.4 is 20.3 Å². The number of carboxylic acid groups (broad SMARTS) is 1. The Labute approximate surface area is 329 Å². The Morgan fingerprint density at radius 2 is 1.13 bits per heavy atom. The number of hydrogen-bond acceptors (Lipinski definition) is 11. The molecule has 294 valence electrons. The van der Waals surface area contributed by atoms with Crippen LogP contribution in [0.15, 0.2) is 92.4 Å². The third kappa shape index (κ3) is 12.7. The van der Waals surface area contributed by atoms with E-state index in [1.807, 2.05) is 13.8 Å². The molecule has 15 heteroatoms. The summed E-state index contributed by atoms with van der Waals surface area (Å²) in [4.78, 5) is 67.2. The highest BCUT2D eigenvalue weighted by atomic mass is 32.2. The Morgan fingerprint density at radius 1 is 0.673 bits per heavy atom. The van der Waals surface area contributed by atoms with Gasteiger partial charge >= 0.3 is 5.97 Å². The molecular weight excluding hydrogens is 747 g/mol. The molecule has 0 saturated heterocycles. The zero-order valence-corrected chi connectivity index (χ0v) is 33.4. The van der Waals surface area contributed by atoms with Crippen LogP contribution in [-0.4, -0.2) is 93.0 Å². The number of ether oxygens (including phenoxy) is 4. The molecule has 4 amide bonds. The highest BCUT2D eigenvalue weighted by Gasteiger charge is 2.40. The Kier molecular flexibility index (Phi) is 15.5. The monoisotopic (exact) mass is 793 g/mol. The van der Waals surface area contributed by atoms with Gasteiger partial charge in [-0.15, -0.1) is 0 Å². The number of nitrogens with one attached hydrogen (secondary N) is 2. The first kappa shape index (κ1) is 43.1. The molecule has 1 heterocycles. The van der Waals surface area contributed by atoms with Crippen molar-refractivity contribution in [3.63, 3.8) is 0 Å². The minimum atomic E-state index is -0.939. The SMILES string of the molecule is COCCNC(=O)c1ccc(SC2=C(Sc3ccc(C(=O)NCCOC)cc3)C(=O)N(c3ccc(OC(C)(C)CCOC(C)(C)CC(=O)O)cc3)C2=O)cc1. The first-order valence-electron chi connectivity index (χ1n) is 17.5. The molecule has 4 rings (SSSR count). The Balaban J connectivity index is 1.53. The van der Waals surface area contributed by atoms with Crippen molar-refractivity contribution in [1.29, 1.82) is 0 Å². The Hall–Kier alpha value is -4.67. The minimum absolute atomic E-state index is 0.125. The van der Waals surface area contributed by atoms with Crippen molar-refractivity contribution in [1.82, 2.24) is 10.6 Å². The summed E-state index contributed by atoms with van der Waals surface area (Å²) < 4.78 is 22.0. The van der Waals surface area contributed by atoms with E-state index in [4.69, 9.17) is 24.1 Å². The molecule has 3 aromatic rings. The van der Waals surface area contributed by atoms with E-state index in [0.29, 0.717) is 65.1 Å². The quantitative estimate of drug-likeness (QED) is 0.0861. The number of imide groups is 1. The third-order valence-electron chi connectivity index (χ3n) is 8.12. The highest BCUT2D eigenvalue weighted by Crippen LogP contribution is 2.44. The summed E-state index contributed by atoms with van der Waals surface area (Å²) in [6, 6.07) is 20.1. The van der Waals surface area contributed by atoms with Gasteiger partial charge in [-0.3, -0.25) is 24.0 Å². The predicted octanol–water partition coefficient (Wildman–Crippen LogP) is 5.93. The zero-order valence-electron chi connectivity index (χ0n) is 31.8. The zero-order chi connectivity index (χ0) is 40.2. The summed E-state index contributed by atoms with van der Waals surface area (Å²) in [7, 11) is 3.10. The number of anilines is 1. The van der Waals surface area contributed by atoms with Crippen LogP contribution in [0.2, 0.25) is 0 Å². The lowest BCUT2D eigenvalue weighted by atomic mass is 10.0. The lowest BCUT2D eigenvalue weighted by Gasteiger charge is -2.29. The van der Waals surface area contributed by atoms with E-state index in [-0.39, 0.29) is 34.7 Å². The van der Waals surface area contributed by atoms with Crippen LogP contribution in [0.1, 0.15) is 61.3 Å². The number of carbonyl (C=O) groups is 5. The van der Waals surface area contributed by atoms with Crippen LogP contribution in [-0.2, 0) is 28.6 Å². The van der Waals surface area contributed by atoms with Gasteiger partial charge in [-0.25, -0.2) is 4.90 Å². The number of thioether (sulfide) groups is 2. The van der Waals surface area contributed by atoms with Crippen LogP contribution in [0.25, 0.3) is 0 Å². The summed E-state index contributed by atoms with van der Waals surface area (Å²) in [6.07, 6.45) is 0.352. The highest BCUT2D eigenvalue weighted by molar-refractivity contribution is 8.08. The number of hydrogen-bond donors (Lipinski definition) is 3. The molecule has 0 atom stereocenters. The first-order chi connectivity index (χ1) is 26.1. The second-order valence-electron chi connectivity index (χ2n) is 13.6. The summed E-state index contributed by atoms with van der Waals surface area (Å²) >= 11 is 2.25. The topological polar surface area (TPSA) is 170 Å². The van der Waals surface area contributed by atoms with Gasteiger partial charge in [0, 0.05) is 54.6 Å². The Bertz CT molecular complexity index is 1770. The number of carboxylic acids is 1. The molecule has 1 aliphatic rings. The average molecular weight is 794 g/mol. The van der Waals surface area contributed by atoms with Crippen molar-refractivity contribution >= 4 is 58.8 Å². The maximum atomic E-state index is 14.1. The summed E-state index contributed by atoms with van der Waals surface area (Å²) in [5, 5.41) is 14.7. The molecule has 0 unspecified atom stereocenters. The minimum Gasteiger partial charge on any atom is -0.488 e.